The van der Waals surface area contributed by atoms with E-state index in [0.29, 0.717) is 0 Å². The van der Waals surface area contributed by atoms with Crippen molar-refractivity contribution in [2.45, 2.75) is 13.8 Å². The number of fused-ring (bicyclic) bond motifs is 1. The van der Waals surface area contributed by atoms with E-state index in [-0.39, 0.29) is 23.4 Å². The summed E-state index contributed by atoms with van der Waals surface area (Å²) >= 11 is 0. The molecule has 1 aromatic carbocycles. The highest BCUT2D eigenvalue weighted by Gasteiger charge is 2.42. The normalized spacial score (nSPS) is 26.1. The van der Waals surface area contributed by atoms with Gasteiger partial charge in [-0.15, -0.1) is 0 Å². The number of hydrogen-bond acceptors (Lipinski definition) is 2. The number of ketones is 2. The Kier molecular flexibility index (Phi) is 2.34. The Morgan fingerprint density at radius 2 is 1.61 bits per heavy atom. The summed E-state index contributed by atoms with van der Waals surface area (Å²) < 4.78 is 0. The molecule has 18 heavy (non-hydrogen) atoms. The van der Waals surface area contributed by atoms with Crippen molar-refractivity contribution in [2.75, 3.05) is 0 Å². The van der Waals surface area contributed by atoms with E-state index in [4.69, 9.17) is 0 Å². The molecule has 90 valence electrons. The van der Waals surface area contributed by atoms with E-state index in [9.17, 15) is 9.59 Å². The first-order chi connectivity index (χ1) is 8.59. The van der Waals surface area contributed by atoms with Crippen LogP contribution in [0, 0.1) is 18.8 Å². The third-order valence-electron chi connectivity index (χ3n) is 3.84. The molecule has 0 saturated heterocycles. The number of hydrogen-bond donors (Lipinski definition) is 0. The molecule has 0 heterocycles. The summed E-state index contributed by atoms with van der Waals surface area (Å²) in [6.07, 6.45) is 3.74. The van der Waals surface area contributed by atoms with E-state index in [1.54, 1.807) is 0 Å². The number of rotatable bonds is 1. The Balaban J connectivity index is 2.19. The molecule has 0 saturated carbocycles. The number of Topliss-reactive ketones (excluding diaryl/α,β-unsaturated/α-hetero) is 2. The molecule has 2 nitrogen and oxygen atoms in total. The Hall–Kier alpha value is -1.96. The fourth-order valence-corrected chi connectivity index (χ4v) is 2.90. The van der Waals surface area contributed by atoms with E-state index in [0.717, 1.165) is 22.3 Å². The first-order valence-corrected chi connectivity index (χ1v) is 6.13. The molecule has 2 heteroatoms. The number of allylic oxidation sites excluding steroid dienone is 4. The molecule has 0 aliphatic heterocycles. The van der Waals surface area contributed by atoms with Crippen LogP contribution in [0.2, 0.25) is 0 Å². The molecule has 3 aliphatic carbocycles. The third-order valence-corrected chi connectivity index (χ3v) is 3.84. The molecule has 4 rings (SSSR count). The first kappa shape index (κ1) is 11.1. The summed E-state index contributed by atoms with van der Waals surface area (Å²) in [5, 5.41) is 0. The lowest BCUT2D eigenvalue weighted by atomic mass is 9.68. The van der Waals surface area contributed by atoms with Gasteiger partial charge in [-0.2, -0.15) is 0 Å². The lowest BCUT2D eigenvalue weighted by molar-refractivity contribution is -0.139. The van der Waals surface area contributed by atoms with Crippen molar-refractivity contribution in [1.29, 1.82) is 0 Å². The summed E-state index contributed by atoms with van der Waals surface area (Å²) in [5.41, 5.74) is 4.28. The molecule has 0 N–H and O–H groups in total. The Bertz CT molecular complexity index is 620. The van der Waals surface area contributed by atoms with E-state index in [1.807, 2.05) is 44.2 Å². The van der Waals surface area contributed by atoms with Gasteiger partial charge in [-0.3, -0.25) is 9.59 Å². The molecule has 0 aromatic heterocycles. The fourth-order valence-electron chi connectivity index (χ4n) is 2.90. The van der Waals surface area contributed by atoms with Gasteiger partial charge in [0.2, 0.25) is 11.6 Å². The summed E-state index contributed by atoms with van der Waals surface area (Å²) in [4.78, 5) is 23.8. The molecular weight excluding hydrogens is 224 g/mol. The molecule has 0 fully saturated rings. The van der Waals surface area contributed by atoms with Crippen molar-refractivity contribution < 1.29 is 9.59 Å². The number of benzene rings is 1. The van der Waals surface area contributed by atoms with Crippen LogP contribution in [0.1, 0.15) is 18.1 Å². The topological polar surface area (TPSA) is 34.1 Å². The number of carbonyl (C=O) groups is 2. The average molecular weight is 238 g/mol. The minimum absolute atomic E-state index is 0.253. The van der Waals surface area contributed by atoms with Gasteiger partial charge in [0.15, 0.2) is 0 Å². The van der Waals surface area contributed by atoms with E-state index in [2.05, 4.69) is 6.07 Å². The first-order valence-electron chi connectivity index (χ1n) is 6.13. The average Bonchev–Trinajstić information content (AvgIpc) is 2.35. The lowest BCUT2D eigenvalue weighted by Crippen LogP contribution is -2.38. The monoisotopic (exact) mass is 238 g/mol. The predicted molar refractivity (Wildman–Crippen MR) is 69.9 cm³/mol. The summed E-state index contributed by atoms with van der Waals surface area (Å²) in [6, 6.07) is 8.11. The van der Waals surface area contributed by atoms with Crippen molar-refractivity contribution in [3.05, 3.63) is 53.1 Å². The summed E-state index contributed by atoms with van der Waals surface area (Å²) in [7, 11) is 0. The zero-order valence-electron chi connectivity index (χ0n) is 10.4. The lowest BCUT2D eigenvalue weighted by Gasteiger charge is -2.32. The van der Waals surface area contributed by atoms with E-state index < -0.39 is 0 Å². The maximum Gasteiger partial charge on any atom is 0.210 e. The Morgan fingerprint density at radius 1 is 0.944 bits per heavy atom. The van der Waals surface area contributed by atoms with Crippen molar-refractivity contribution in [2.24, 2.45) is 11.8 Å². The van der Waals surface area contributed by atoms with Crippen LogP contribution in [-0.2, 0) is 9.59 Å². The van der Waals surface area contributed by atoms with Gasteiger partial charge in [0.25, 0.3) is 0 Å². The molecule has 0 spiro atoms. The highest BCUT2D eigenvalue weighted by molar-refractivity contribution is 6.44. The second kappa shape index (κ2) is 3.77. The van der Waals surface area contributed by atoms with Gasteiger partial charge in [0, 0.05) is 0 Å². The van der Waals surface area contributed by atoms with Crippen LogP contribution in [-0.4, -0.2) is 11.6 Å². The number of carbonyl (C=O) groups excluding carboxylic acids is 2. The van der Waals surface area contributed by atoms with Gasteiger partial charge in [-0.05, 0) is 25.0 Å². The SMILES string of the molecule is CC1=C(c2cccc(C)c2)C2C=CC1C(=O)C2=O. The maximum atomic E-state index is 12.0. The van der Waals surface area contributed by atoms with Crippen LogP contribution in [0.25, 0.3) is 5.57 Å². The molecule has 0 amide bonds. The summed E-state index contributed by atoms with van der Waals surface area (Å²) in [6.45, 7) is 3.99. The van der Waals surface area contributed by atoms with Gasteiger partial charge in [-0.25, -0.2) is 0 Å². The molecule has 2 unspecified atom stereocenters. The zero-order chi connectivity index (χ0) is 12.9. The second-order valence-electron chi connectivity index (χ2n) is 5.03. The van der Waals surface area contributed by atoms with Crippen molar-refractivity contribution in [1.82, 2.24) is 0 Å². The standard InChI is InChI=1S/C16H14O2/c1-9-4-3-5-11(8-9)14-10(2)12-6-7-13(14)16(18)15(12)17/h3-8,12-13H,1-2H3. The Morgan fingerprint density at radius 3 is 2.33 bits per heavy atom. The zero-order valence-corrected chi connectivity index (χ0v) is 10.4. The molecule has 3 aliphatic rings. The minimum atomic E-state index is -0.371. The maximum absolute atomic E-state index is 12.0. The van der Waals surface area contributed by atoms with E-state index >= 15 is 0 Å². The van der Waals surface area contributed by atoms with Crippen LogP contribution < -0.4 is 0 Å². The molecular formula is C16H14O2. The number of aryl methyl sites for hydroxylation is 1. The van der Waals surface area contributed by atoms with Crippen molar-refractivity contribution >= 4 is 17.1 Å². The second-order valence-corrected chi connectivity index (χ2v) is 5.03. The largest absolute Gasteiger partial charge is 0.290 e. The predicted octanol–water partition coefficient (Wildman–Crippen LogP) is 2.72. The van der Waals surface area contributed by atoms with E-state index in [1.165, 1.54) is 0 Å². The smallest absolute Gasteiger partial charge is 0.210 e. The van der Waals surface area contributed by atoms with Crippen LogP contribution in [0.15, 0.2) is 42.0 Å². The molecule has 1 aromatic rings. The van der Waals surface area contributed by atoms with Gasteiger partial charge in [-0.1, -0.05) is 47.6 Å². The van der Waals surface area contributed by atoms with Crippen molar-refractivity contribution in [3.8, 4) is 0 Å². The highest BCUT2D eigenvalue weighted by atomic mass is 16.2. The third kappa shape index (κ3) is 1.42. The van der Waals surface area contributed by atoms with Crippen LogP contribution in [0.3, 0.4) is 0 Å². The molecule has 2 bridgehead atoms. The Labute approximate surface area is 106 Å². The van der Waals surface area contributed by atoms with Crippen LogP contribution >= 0.6 is 0 Å². The van der Waals surface area contributed by atoms with Crippen molar-refractivity contribution in [3.63, 3.8) is 0 Å². The quantitative estimate of drug-likeness (QED) is 0.557. The summed E-state index contributed by atoms with van der Waals surface area (Å²) in [5.74, 6) is -1.22. The van der Waals surface area contributed by atoms with Gasteiger partial charge in [0.05, 0.1) is 11.8 Å². The van der Waals surface area contributed by atoms with Gasteiger partial charge >= 0.3 is 0 Å². The molecule has 0 radical (unpaired) electrons. The minimum Gasteiger partial charge on any atom is -0.290 e. The van der Waals surface area contributed by atoms with Crippen LogP contribution in [0.5, 0.6) is 0 Å². The fraction of sp³-hybridized carbons (Fsp3) is 0.250. The van der Waals surface area contributed by atoms with Gasteiger partial charge < -0.3 is 0 Å². The highest BCUT2D eigenvalue weighted by Crippen LogP contribution is 2.41. The van der Waals surface area contributed by atoms with Gasteiger partial charge in [0.1, 0.15) is 0 Å². The van der Waals surface area contributed by atoms with Crippen LogP contribution in [0.4, 0.5) is 0 Å². The molecule has 2 atom stereocenters.